The maximum Gasteiger partial charge on any atom is 0.0946 e. The highest BCUT2D eigenvalue weighted by atomic mass is 35.5. The molecule has 2 rings (SSSR count). The van der Waals surface area contributed by atoms with Gasteiger partial charge in [0.05, 0.1) is 18.1 Å². The highest BCUT2D eigenvalue weighted by Gasteiger charge is 2.19. The Balaban J connectivity index is 2.16. The molecule has 0 aliphatic rings. The van der Waals surface area contributed by atoms with Crippen LogP contribution in [0.25, 0.3) is 0 Å². The van der Waals surface area contributed by atoms with Gasteiger partial charge in [-0.15, -0.1) is 0 Å². The van der Waals surface area contributed by atoms with E-state index in [4.69, 9.17) is 17.3 Å². The topological polar surface area (TPSA) is 47.1 Å². The normalized spacial score (nSPS) is 12.9. The van der Waals surface area contributed by atoms with E-state index in [0.29, 0.717) is 6.54 Å². The van der Waals surface area contributed by atoms with E-state index >= 15 is 0 Å². The van der Waals surface area contributed by atoms with Crippen LogP contribution in [0.4, 0.5) is 0 Å². The van der Waals surface area contributed by atoms with Crippen LogP contribution in [0, 0.1) is 0 Å². The number of hydrogen-bond acceptors (Lipinski definition) is 3. The van der Waals surface area contributed by atoms with Crippen molar-refractivity contribution in [1.29, 1.82) is 0 Å². The Morgan fingerprint density at radius 3 is 2.74 bits per heavy atom. The number of aromatic nitrogens is 2. The average molecular weight is 279 g/mol. The molecule has 2 aromatic rings. The maximum atomic E-state index is 6.20. The predicted octanol–water partition coefficient (Wildman–Crippen LogP) is 2.21. The van der Waals surface area contributed by atoms with E-state index in [1.165, 1.54) is 0 Å². The molecule has 4 nitrogen and oxygen atoms in total. The van der Waals surface area contributed by atoms with E-state index in [0.717, 1.165) is 22.8 Å². The Hall–Kier alpha value is -1.36. The summed E-state index contributed by atoms with van der Waals surface area (Å²) >= 11 is 6.20. The van der Waals surface area contributed by atoms with Gasteiger partial charge in [-0.1, -0.05) is 29.8 Å². The van der Waals surface area contributed by atoms with Crippen molar-refractivity contribution in [3.05, 3.63) is 53.1 Å². The Labute approximate surface area is 118 Å². The molecule has 0 saturated carbocycles. The number of aryl methyl sites for hydroxylation is 1. The first-order valence-electron chi connectivity index (χ1n) is 6.23. The van der Waals surface area contributed by atoms with Crippen LogP contribution in [0.15, 0.2) is 36.8 Å². The summed E-state index contributed by atoms with van der Waals surface area (Å²) in [6, 6.07) is 8.01. The molecule has 0 spiro atoms. The number of hydrogen-bond donors (Lipinski definition) is 1. The smallest absolute Gasteiger partial charge is 0.0946 e. The number of halogens is 1. The fourth-order valence-electron chi connectivity index (χ4n) is 2.22. The molecule has 0 saturated heterocycles. The van der Waals surface area contributed by atoms with E-state index in [1.54, 1.807) is 6.33 Å². The molecule has 1 atom stereocenters. The Kier molecular flexibility index (Phi) is 4.58. The summed E-state index contributed by atoms with van der Waals surface area (Å²) in [5.41, 5.74) is 8.12. The number of nitrogens with two attached hydrogens (primary N) is 1. The first-order valence-corrected chi connectivity index (χ1v) is 6.61. The third-order valence-corrected chi connectivity index (χ3v) is 3.70. The van der Waals surface area contributed by atoms with E-state index in [2.05, 4.69) is 9.88 Å². The number of rotatable bonds is 5. The second-order valence-corrected chi connectivity index (χ2v) is 5.09. The monoisotopic (exact) mass is 278 g/mol. The lowest BCUT2D eigenvalue weighted by atomic mass is 10.1. The van der Waals surface area contributed by atoms with Gasteiger partial charge in [-0.3, -0.25) is 4.90 Å². The van der Waals surface area contributed by atoms with Gasteiger partial charge in [0.1, 0.15) is 0 Å². The molecule has 2 N–H and O–H groups in total. The summed E-state index contributed by atoms with van der Waals surface area (Å²) in [6.45, 7) is 1.30. The van der Waals surface area contributed by atoms with Crippen LogP contribution in [-0.4, -0.2) is 28.0 Å². The lowest BCUT2D eigenvalue weighted by molar-refractivity contribution is 0.234. The highest BCUT2D eigenvalue weighted by Crippen LogP contribution is 2.22. The van der Waals surface area contributed by atoms with Crippen molar-refractivity contribution in [3.8, 4) is 0 Å². The zero-order valence-corrected chi connectivity index (χ0v) is 12.0. The van der Waals surface area contributed by atoms with Gasteiger partial charge in [0.15, 0.2) is 0 Å². The Morgan fingerprint density at radius 1 is 1.42 bits per heavy atom. The van der Waals surface area contributed by atoms with Crippen LogP contribution in [0.3, 0.4) is 0 Å². The number of nitrogens with zero attached hydrogens (tertiary/aromatic N) is 3. The third-order valence-electron chi connectivity index (χ3n) is 3.33. The molecular formula is C14H19ClN4. The molecule has 19 heavy (non-hydrogen) atoms. The summed E-state index contributed by atoms with van der Waals surface area (Å²) < 4.78 is 2.00. The van der Waals surface area contributed by atoms with Gasteiger partial charge in [-0.05, 0) is 18.7 Å². The standard InChI is InChI=1S/C14H19ClN4/c1-18(9-11-5-3-4-6-12(11)15)13(7-16)14-8-17-10-19(14)2/h3-6,8,10,13H,7,9,16H2,1-2H3. The lowest BCUT2D eigenvalue weighted by Gasteiger charge is -2.27. The molecule has 1 aromatic carbocycles. The molecule has 0 fully saturated rings. The van der Waals surface area contributed by atoms with Gasteiger partial charge in [0.25, 0.3) is 0 Å². The van der Waals surface area contributed by atoms with Gasteiger partial charge >= 0.3 is 0 Å². The number of benzene rings is 1. The zero-order valence-electron chi connectivity index (χ0n) is 11.3. The number of imidazole rings is 1. The van der Waals surface area contributed by atoms with Crippen LogP contribution in [0.1, 0.15) is 17.3 Å². The average Bonchev–Trinajstić information content (AvgIpc) is 2.80. The minimum atomic E-state index is 0.128. The quantitative estimate of drug-likeness (QED) is 0.912. The molecule has 0 aliphatic heterocycles. The van der Waals surface area contributed by atoms with Crippen molar-refractivity contribution in [2.24, 2.45) is 12.8 Å². The van der Waals surface area contributed by atoms with Crippen LogP contribution in [0.5, 0.6) is 0 Å². The van der Waals surface area contributed by atoms with Crippen molar-refractivity contribution >= 4 is 11.6 Å². The van der Waals surface area contributed by atoms with Crippen molar-refractivity contribution in [2.45, 2.75) is 12.6 Å². The molecule has 1 aromatic heterocycles. The van der Waals surface area contributed by atoms with Crippen LogP contribution < -0.4 is 5.73 Å². The van der Waals surface area contributed by atoms with Crippen LogP contribution in [0.2, 0.25) is 5.02 Å². The highest BCUT2D eigenvalue weighted by molar-refractivity contribution is 6.31. The second kappa shape index (κ2) is 6.19. The summed E-state index contributed by atoms with van der Waals surface area (Å²) in [6.07, 6.45) is 3.65. The van der Waals surface area contributed by atoms with Gasteiger partial charge in [0.2, 0.25) is 0 Å². The SMILES string of the molecule is CN(Cc1ccccc1Cl)C(CN)c1cncn1C. The van der Waals surface area contributed by atoms with E-state index in [-0.39, 0.29) is 6.04 Å². The van der Waals surface area contributed by atoms with E-state index in [1.807, 2.05) is 49.1 Å². The van der Waals surface area contributed by atoms with Crippen molar-refractivity contribution in [2.75, 3.05) is 13.6 Å². The molecule has 5 heteroatoms. The van der Waals surface area contributed by atoms with Gasteiger partial charge in [-0.2, -0.15) is 0 Å². The largest absolute Gasteiger partial charge is 0.336 e. The van der Waals surface area contributed by atoms with E-state index in [9.17, 15) is 0 Å². The van der Waals surface area contributed by atoms with Gasteiger partial charge in [-0.25, -0.2) is 4.98 Å². The van der Waals surface area contributed by atoms with Gasteiger partial charge in [0, 0.05) is 31.4 Å². The minimum Gasteiger partial charge on any atom is -0.336 e. The minimum absolute atomic E-state index is 0.128. The lowest BCUT2D eigenvalue weighted by Crippen LogP contribution is -2.31. The maximum absolute atomic E-state index is 6.20. The van der Waals surface area contributed by atoms with Crippen LogP contribution >= 0.6 is 11.6 Å². The summed E-state index contributed by atoms with van der Waals surface area (Å²) in [7, 11) is 4.03. The van der Waals surface area contributed by atoms with Crippen molar-refractivity contribution < 1.29 is 0 Å². The fraction of sp³-hybridized carbons (Fsp3) is 0.357. The fourth-order valence-corrected chi connectivity index (χ4v) is 2.42. The molecule has 0 radical (unpaired) electrons. The third kappa shape index (κ3) is 3.15. The molecular weight excluding hydrogens is 260 g/mol. The molecule has 0 aliphatic carbocycles. The van der Waals surface area contributed by atoms with Gasteiger partial charge < -0.3 is 10.3 Å². The Bertz CT molecular complexity index is 538. The first kappa shape index (κ1) is 14.1. The predicted molar refractivity (Wildman–Crippen MR) is 77.9 cm³/mol. The summed E-state index contributed by atoms with van der Waals surface area (Å²) in [4.78, 5) is 6.34. The molecule has 102 valence electrons. The number of likely N-dealkylation sites (N-methyl/N-ethyl adjacent to an activating group) is 1. The molecule has 0 bridgehead atoms. The molecule has 0 amide bonds. The molecule has 1 heterocycles. The van der Waals surface area contributed by atoms with Crippen molar-refractivity contribution in [3.63, 3.8) is 0 Å². The molecule has 1 unspecified atom stereocenters. The summed E-state index contributed by atoms with van der Waals surface area (Å²) in [5, 5.41) is 0.787. The summed E-state index contributed by atoms with van der Waals surface area (Å²) in [5.74, 6) is 0. The zero-order chi connectivity index (χ0) is 13.8. The van der Waals surface area contributed by atoms with E-state index < -0.39 is 0 Å². The van der Waals surface area contributed by atoms with Crippen molar-refractivity contribution in [1.82, 2.24) is 14.5 Å². The second-order valence-electron chi connectivity index (χ2n) is 4.69. The Morgan fingerprint density at radius 2 is 2.16 bits per heavy atom. The van der Waals surface area contributed by atoms with Crippen LogP contribution in [-0.2, 0) is 13.6 Å². The first-order chi connectivity index (χ1) is 9.13.